The minimum absolute atomic E-state index is 0.0494. The number of fused-ring (bicyclic) bond motifs is 5. The maximum atomic E-state index is 14.4. The van der Waals surface area contributed by atoms with Crippen LogP contribution in [0.15, 0.2) is 22.0 Å². The van der Waals surface area contributed by atoms with E-state index in [1.807, 2.05) is 0 Å². The molecule has 0 bridgehead atoms. The molecule has 0 spiro atoms. The first kappa shape index (κ1) is 29.7. The number of Topliss-reactive ketones (excluding diaryl/α,β-unsaturated/α-hetero) is 1. The van der Waals surface area contributed by atoms with Crippen LogP contribution in [-0.4, -0.2) is 60.3 Å². The summed E-state index contributed by atoms with van der Waals surface area (Å²) < 4.78 is 13.6. The van der Waals surface area contributed by atoms with Crippen molar-refractivity contribution in [3.63, 3.8) is 0 Å². The number of allylic oxidation sites excluding steroid dienone is 2. The summed E-state index contributed by atoms with van der Waals surface area (Å²) in [5.74, 6) is 1.18. The first-order valence-electron chi connectivity index (χ1n) is 14.4. The molecule has 0 unspecified atom stereocenters. The van der Waals surface area contributed by atoms with E-state index in [1.54, 1.807) is 14.2 Å². The molecule has 38 heavy (non-hydrogen) atoms. The summed E-state index contributed by atoms with van der Waals surface area (Å²) in [4.78, 5) is 24.9. The molecule has 4 aliphatic carbocycles. The highest BCUT2D eigenvalue weighted by molar-refractivity contribution is 6.70. The first-order chi connectivity index (χ1) is 17.6. The van der Waals surface area contributed by atoms with Gasteiger partial charge in [0.1, 0.15) is 31.3 Å². The van der Waals surface area contributed by atoms with Crippen LogP contribution in [0.25, 0.3) is 0 Å². The lowest BCUT2D eigenvalue weighted by Crippen LogP contribution is -2.64. The van der Waals surface area contributed by atoms with Gasteiger partial charge >= 0.3 is 0 Å². The van der Waals surface area contributed by atoms with Crippen LogP contribution in [0.5, 0.6) is 0 Å². The molecule has 4 aliphatic rings. The second kappa shape index (κ2) is 10.3. The third-order valence-electron chi connectivity index (χ3n) is 9.79. The molecule has 0 aliphatic heterocycles. The van der Waals surface area contributed by atoms with Crippen LogP contribution in [0.2, 0.25) is 39.3 Å². The summed E-state index contributed by atoms with van der Waals surface area (Å²) in [5, 5.41) is 8.83. The fourth-order valence-corrected chi connectivity index (χ4v) is 10.5. The highest BCUT2D eigenvalue weighted by atomic mass is 28.4. The first-order valence-corrected chi connectivity index (χ1v) is 21.2. The SMILES string of the molecule is CO/N=C1\C=C2CC[C@@H]3[C@H](C(=O)C[C@@]4(C)[C@H]3CC[C@]4(O[Si](C)(C)C)/C(CO[Si](C)(C)C)=N/OC)[C@@]2(C)CC1. The van der Waals surface area contributed by atoms with Crippen molar-refractivity contribution < 1.29 is 23.3 Å². The predicted octanol–water partition coefficient (Wildman–Crippen LogP) is 6.57. The molecule has 0 aromatic rings. The van der Waals surface area contributed by atoms with Crippen molar-refractivity contribution in [2.75, 3.05) is 20.8 Å². The zero-order valence-electron chi connectivity index (χ0n) is 25.4. The minimum Gasteiger partial charge on any atom is -0.412 e. The van der Waals surface area contributed by atoms with Gasteiger partial charge in [-0.25, -0.2) is 0 Å². The summed E-state index contributed by atoms with van der Waals surface area (Å²) in [6, 6.07) is 0. The Labute approximate surface area is 232 Å². The monoisotopic (exact) mass is 562 g/mol. The van der Waals surface area contributed by atoms with Crippen LogP contribution in [0, 0.1) is 28.6 Å². The normalized spacial score (nSPS) is 38.8. The Morgan fingerprint density at radius 1 is 1.00 bits per heavy atom. The summed E-state index contributed by atoms with van der Waals surface area (Å²) in [6.07, 6.45) is 8.48. The lowest BCUT2D eigenvalue weighted by molar-refractivity contribution is -0.150. The molecule has 3 saturated carbocycles. The van der Waals surface area contributed by atoms with E-state index in [0.717, 1.165) is 49.9 Å². The maximum Gasteiger partial charge on any atom is 0.185 e. The smallest absolute Gasteiger partial charge is 0.185 e. The summed E-state index contributed by atoms with van der Waals surface area (Å²) in [7, 11) is -0.641. The van der Waals surface area contributed by atoms with E-state index in [2.05, 4.69) is 69.5 Å². The van der Waals surface area contributed by atoms with Crippen molar-refractivity contribution >= 4 is 33.8 Å². The van der Waals surface area contributed by atoms with Crippen molar-refractivity contribution in [2.24, 2.45) is 38.9 Å². The Balaban J connectivity index is 1.76. The van der Waals surface area contributed by atoms with Gasteiger partial charge in [-0.2, -0.15) is 0 Å². The van der Waals surface area contributed by atoms with Gasteiger partial charge in [-0.05, 0) is 101 Å². The number of hydrogen-bond donors (Lipinski definition) is 0. The van der Waals surface area contributed by atoms with E-state index in [4.69, 9.17) is 18.5 Å². The fraction of sp³-hybridized carbons (Fsp3) is 0.828. The van der Waals surface area contributed by atoms with E-state index in [0.29, 0.717) is 30.6 Å². The highest BCUT2D eigenvalue weighted by Gasteiger charge is 2.69. The van der Waals surface area contributed by atoms with Gasteiger partial charge in [-0.15, -0.1) is 0 Å². The van der Waals surface area contributed by atoms with E-state index in [-0.39, 0.29) is 16.7 Å². The fourth-order valence-electron chi connectivity index (χ4n) is 8.41. The van der Waals surface area contributed by atoms with Crippen LogP contribution >= 0.6 is 0 Å². The third kappa shape index (κ3) is 5.13. The number of ketones is 1. The van der Waals surface area contributed by atoms with E-state index in [1.165, 1.54) is 5.57 Å². The molecule has 0 radical (unpaired) electrons. The standard InChI is InChI=1S/C29H50N2O5Si2/c1-27-15-13-21(30-33-3)17-20(27)11-12-22-23-14-16-29(36-38(8,9)10,28(23,2)18-24(32)26(22)27)25(31-34-4)19-35-37(5,6)7/h17,22-23,26H,11-16,18-19H2,1-10H3/b30-21-,31-25+/t22-,23-,26+,27-,28-,29-/m0/s1. The molecule has 0 heterocycles. The van der Waals surface area contributed by atoms with Gasteiger partial charge in [0.05, 0.1) is 12.3 Å². The molecule has 0 amide bonds. The van der Waals surface area contributed by atoms with Crippen molar-refractivity contribution in [3.05, 3.63) is 11.6 Å². The molecule has 4 rings (SSSR count). The number of oxime groups is 2. The van der Waals surface area contributed by atoms with Gasteiger partial charge < -0.3 is 18.5 Å². The Morgan fingerprint density at radius 3 is 2.32 bits per heavy atom. The summed E-state index contributed by atoms with van der Waals surface area (Å²) in [6.45, 7) is 18.3. The zero-order chi connectivity index (χ0) is 28.1. The Hall–Kier alpha value is -1.30. The number of carbonyl (C=O) groups excluding carboxylic acids is 1. The maximum absolute atomic E-state index is 14.4. The molecule has 7 nitrogen and oxygen atoms in total. The number of nitrogens with zero attached hydrogens (tertiary/aromatic N) is 2. The Bertz CT molecular complexity index is 1030. The summed E-state index contributed by atoms with van der Waals surface area (Å²) >= 11 is 0. The molecule has 9 heteroatoms. The average molecular weight is 563 g/mol. The molecular formula is C29H50N2O5Si2. The van der Waals surface area contributed by atoms with E-state index >= 15 is 0 Å². The molecule has 0 saturated heterocycles. The van der Waals surface area contributed by atoms with E-state index in [9.17, 15) is 4.79 Å². The van der Waals surface area contributed by atoms with Gasteiger partial charge in [0.2, 0.25) is 0 Å². The molecule has 6 atom stereocenters. The predicted molar refractivity (Wildman–Crippen MR) is 157 cm³/mol. The van der Waals surface area contributed by atoms with Crippen LogP contribution in [0.3, 0.4) is 0 Å². The average Bonchev–Trinajstić information content (AvgIpc) is 3.07. The van der Waals surface area contributed by atoms with Crippen LogP contribution in [0.1, 0.15) is 58.8 Å². The third-order valence-corrected chi connectivity index (χ3v) is 11.8. The second-order valence-corrected chi connectivity index (χ2v) is 23.3. The van der Waals surface area contributed by atoms with Crippen molar-refractivity contribution in [3.8, 4) is 0 Å². The van der Waals surface area contributed by atoms with E-state index < -0.39 is 22.2 Å². The number of hydrogen-bond acceptors (Lipinski definition) is 7. The largest absolute Gasteiger partial charge is 0.412 e. The summed E-state index contributed by atoms with van der Waals surface area (Å²) in [5.41, 5.74) is 2.11. The lowest BCUT2D eigenvalue weighted by atomic mass is 9.46. The Kier molecular flexibility index (Phi) is 8.02. The minimum atomic E-state index is -2.03. The van der Waals surface area contributed by atoms with Gasteiger partial charge in [-0.3, -0.25) is 4.79 Å². The molecule has 0 aromatic carbocycles. The molecule has 0 aromatic heterocycles. The van der Waals surface area contributed by atoms with Crippen molar-refractivity contribution in [1.29, 1.82) is 0 Å². The molecule has 214 valence electrons. The van der Waals surface area contributed by atoms with Crippen molar-refractivity contribution in [2.45, 2.75) is 104 Å². The number of carbonyl (C=O) groups is 1. The zero-order valence-corrected chi connectivity index (χ0v) is 27.4. The second-order valence-electron chi connectivity index (χ2n) is 14.4. The molecule has 3 fully saturated rings. The quantitative estimate of drug-likeness (QED) is 0.190. The van der Waals surface area contributed by atoms with Gasteiger partial charge in [-0.1, -0.05) is 29.7 Å². The topological polar surface area (TPSA) is 78.7 Å². The van der Waals surface area contributed by atoms with Crippen LogP contribution in [-0.2, 0) is 23.3 Å². The van der Waals surface area contributed by atoms with Crippen LogP contribution in [0.4, 0.5) is 0 Å². The Morgan fingerprint density at radius 2 is 1.71 bits per heavy atom. The lowest BCUT2D eigenvalue weighted by Gasteiger charge is -2.59. The van der Waals surface area contributed by atoms with Gasteiger partial charge in [0, 0.05) is 17.8 Å². The highest BCUT2D eigenvalue weighted by Crippen LogP contribution is 2.68. The molecule has 0 N–H and O–H groups in total. The van der Waals surface area contributed by atoms with Gasteiger partial charge in [0.25, 0.3) is 0 Å². The van der Waals surface area contributed by atoms with Gasteiger partial charge in [0.15, 0.2) is 16.6 Å². The molecular weight excluding hydrogens is 513 g/mol. The van der Waals surface area contributed by atoms with Crippen LogP contribution < -0.4 is 0 Å². The number of rotatable bonds is 8. The van der Waals surface area contributed by atoms with Crippen molar-refractivity contribution in [1.82, 2.24) is 0 Å².